The maximum absolute atomic E-state index is 5.90. The Morgan fingerprint density at radius 1 is 0.667 bits per heavy atom. The first-order chi connectivity index (χ1) is 11.7. The molecule has 144 valence electrons. The predicted octanol–water partition coefficient (Wildman–Crippen LogP) is 7.39. The Bertz CT molecular complexity index is 263. The van der Waals surface area contributed by atoms with Crippen LogP contribution in [0.4, 0.5) is 0 Å². The molecule has 0 aliphatic heterocycles. The fourth-order valence-electron chi connectivity index (χ4n) is 3.30. The second-order valence-corrected chi connectivity index (χ2v) is 10.4. The Labute approximate surface area is 153 Å². The van der Waals surface area contributed by atoms with E-state index in [4.69, 9.17) is 8.85 Å². The van der Waals surface area contributed by atoms with Crippen LogP contribution in [0.2, 0.25) is 12.6 Å². The largest absolute Gasteiger partial charge is 0.395 e. The first kappa shape index (κ1) is 23.9. The Morgan fingerprint density at radius 3 is 1.42 bits per heavy atom. The van der Waals surface area contributed by atoms with Crippen LogP contribution < -0.4 is 0 Å². The Hall–Kier alpha value is -0.123. The van der Waals surface area contributed by atoms with Gasteiger partial charge in [0.05, 0.1) is 0 Å². The summed E-state index contributed by atoms with van der Waals surface area (Å²) >= 11 is 0. The highest BCUT2D eigenvalue weighted by Crippen LogP contribution is 2.19. The summed E-state index contributed by atoms with van der Waals surface area (Å²) in [4.78, 5) is 0. The summed E-state index contributed by atoms with van der Waals surface area (Å²) < 4.78 is 11.8. The van der Waals surface area contributed by atoms with E-state index in [1.807, 2.05) is 6.08 Å². The molecule has 0 atom stereocenters. The van der Waals surface area contributed by atoms with Crippen LogP contribution in [0.15, 0.2) is 12.7 Å². The van der Waals surface area contributed by atoms with E-state index < -0.39 is 8.56 Å². The van der Waals surface area contributed by atoms with Crippen molar-refractivity contribution in [3.05, 3.63) is 12.7 Å². The maximum Gasteiger partial charge on any atom is 0.334 e. The van der Waals surface area contributed by atoms with Gasteiger partial charge in [-0.25, -0.2) is 0 Å². The van der Waals surface area contributed by atoms with E-state index in [0.717, 1.165) is 19.3 Å². The van der Waals surface area contributed by atoms with E-state index >= 15 is 0 Å². The lowest BCUT2D eigenvalue weighted by Crippen LogP contribution is -2.38. The lowest BCUT2D eigenvalue weighted by atomic mass is 10.0. The molecule has 0 aromatic heterocycles. The van der Waals surface area contributed by atoms with Crippen LogP contribution in [0.3, 0.4) is 0 Å². The molecule has 0 N–H and O–H groups in total. The van der Waals surface area contributed by atoms with Crippen LogP contribution in [0.25, 0.3) is 0 Å². The standard InChI is InChI=1S/C21H44O2Si/c1-5-8-9-10-11-12-13-14-15-16-17-18-19-20-21-24(4,22-6-2)23-7-3/h5H,1,6-21H2,2-4H3. The topological polar surface area (TPSA) is 18.5 Å². The molecule has 0 fully saturated rings. The van der Waals surface area contributed by atoms with Crippen molar-refractivity contribution in [2.24, 2.45) is 0 Å². The molecule has 0 aliphatic carbocycles. The summed E-state index contributed by atoms with van der Waals surface area (Å²) in [5.41, 5.74) is 0. The molecule has 0 saturated carbocycles. The smallest absolute Gasteiger partial charge is 0.334 e. The molecule has 2 nitrogen and oxygen atoms in total. The molecule has 0 bridgehead atoms. The first-order valence-electron chi connectivity index (χ1n) is 10.6. The zero-order chi connectivity index (χ0) is 17.9. The third kappa shape index (κ3) is 15.4. The second-order valence-electron chi connectivity index (χ2n) is 7.07. The van der Waals surface area contributed by atoms with Crippen LogP contribution in [-0.4, -0.2) is 21.8 Å². The van der Waals surface area contributed by atoms with Gasteiger partial charge in [-0.1, -0.05) is 76.7 Å². The Balaban J connectivity index is 3.31. The van der Waals surface area contributed by atoms with Crippen LogP contribution in [0.1, 0.15) is 97.3 Å². The van der Waals surface area contributed by atoms with Gasteiger partial charge in [-0.05, 0) is 39.3 Å². The summed E-state index contributed by atoms with van der Waals surface area (Å²) in [6.07, 6.45) is 19.9. The van der Waals surface area contributed by atoms with E-state index in [0.29, 0.717) is 0 Å². The van der Waals surface area contributed by atoms with Crippen molar-refractivity contribution >= 4 is 8.56 Å². The molecular weight excluding hydrogens is 312 g/mol. The van der Waals surface area contributed by atoms with Crippen molar-refractivity contribution in [1.82, 2.24) is 0 Å². The molecule has 0 radical (unpaired) electrons. The highest BCUT2D eigenvalue weighted by Gasteiger charge is 2.29. The zero-order valence-electron chi connectivity index (χ0n) is 16.9. The van der Waals surface area contributed by atoms with Crippen molar-refractivity contribution < 1.29 is 8.85 Å². The van der Waals surface area contributed by atoms with Gasteiger partial charge in [0.1, 0.15) is 0 Å². The van der Waals surface area contributed by atoms with Crippen molar-refractivity contribution in [2.45, 2.75) is 110 Å². The first-order valence-corrected chi connectivity index (χ1v) is 13.1. The molecule has 0 spiro atoms. The Morgan fingerprint density at radius 2 is 1.04 bits per heavy atom. The van der Waals surface area contributed by atoms with Crippen molar-refractivity contribution in [1.29, 1.82) is 0 Å². The van der Waals surface area contributed by atoms with Crippen molar-refractivity contribution in [3.63, 3.8) is 0 Å². The minimum absolute atomic E-state index is 0.789. The van der Waals surface area contributed by atoms with Crippen LogP contribution in [0, 0.1) is 0 Å². The summed E-state index contributed by atoms with van der Waals surface area (Å²) in [5, 5.41) is 0. The molecular formula is C21H44O2Si. The van der Waals surface area contributed by atoms with E-state index in [-0.39, 0.29) is 0 Å². The summed E-state index contributed by atoms with van der Waals surface area (Å²) in [6.45, 7) is 11.7. The average molecular weight is 357 g/mol. The van der Waals surface area contributed by atoms with Gasteiger partial charge >= 0.3 is 8.56 Å². The van der Waals surface area contributed by atoms with Crippen LogP contribution in [-0.2, 0) is 8.85 Å². The molecule has 0 saturated heterocycles. The van der Waals surface area contributed by atoms with Gasteiger partial charge in [0, 0.05) is 13.2 Å². The lowest BCUT2D eigenvalue weighted by Gasteiger charge is -2.25. The van der Waals surface area contributed by atoms with Gasteiger partial charge in [0.25, 0.3) is 0 Å². The molecule has 0 heterocycles. The fraction of sp³-hybridized carbons (Fsp3) is 0.905. The second kappa shape index (κ2) is 17.7. The summed E-state index contributed by atoms with van der Waals surface area (Å²) in [6, 6.07) is 1.15. The lowest BCUT2D eigenvalue weighted by molar-refractivity contribution is 0.188. The monoisotopic (exact) mass is 356 g/mol. The van der Waals surface area contributed by atoms with Gasteiger partial charge in [0.15, 0.2) is 0 Å². The van der Waals surface area contributed by atoms with Crippen molar-refractivity contribution in [2.75, 3.05) is 13.2 Å². The van der Waals surface area contributed by atoms with E-state index in [1.54, 1.807) is 0 Å². The van der Waals surface area contributed by atoms with Gasteiger partial charge in [-0.3, -0.25) is 0 Å². The number of rotatable bonds is 19. The molecule has 0 aromatic carbocycles. The highest BCUT2D eigenvalue weighted by atomic mass is 28.4. The van der Waals surface area contributed by atoms with E-state index in [9.17, 15) is 0 Å². The molecule has 0 unspecified atom stereocenters. The van der Waals surface area contributed by atoms with Gasteiger partial charge in [-0.15, -0.1) is 6.58 Å². The summed E-state index contributed by atoms with van der Waals surface area (Å²) in [5.74, 6) is 0. The minimum Gasteiger partial charge on any atom is -0.395 e. The maximum atomic E-state index is 5.90. The number of hydrogen-bond donors (Lipinski definition) is 0. The van der Waals surface area contributed by atoms with Crippen molar-refractivity contribution in [3.8, 4) is 0 Å². The van der Waals surface area contributed by atoms with E-state index in [2.05, 4.69) is 27.0 Å². The van der Waals surface area contributed by atoms with Crippen LogP contribution in [0.5, 0.6) is 0 Å². The Kier molecular flexibility index (Phi) is 17.6. The molecule has 0 amide bonds. The van der Waals surface area contributed by atoms with Gasteiger partial charge in [-0.2, -0.15) is 0 Å². The highest BCUT2D eigenvalue weighted by molar-refractivity contribution is 6.66. The van der Waals surface area contributed by atoms with Gasteiger partial charge in [0.2, 0.25) is 0 Å². The zero-order valence-corrected chi connectivity index (χ0v) is 17.9. The van der Waals surface area contributed by atoms with Gasteiger partial charge < -0.3 is 8.85 Å². The third-order valence-corrected chi connectivity index (χ3v) is 7.75. The van der Waals surface area contributed by atoms with Crippen LogP contribution >= 0.6 is 0 Å². The fourth-order valence-corrected chi connectivity index (χ4v) is 5.78. The molecule has 24 heavy (non-hydrogen) atoms. The van der Waals surface area contributed by atoms with E-state index in [1.165, 1.54) is 83.5 Å². The molecule has 0 aliphatic rings. The normalized spacial score (nSPS) is 11.8. The quantitative estimate of drug-likeness (QED) is 0.136. The molecule has 0 rings (SSSR count). The summed E-state index contributed by atoms with van der Waals surface area (Å²) in [7, 11) is -1.86. The number of hydrogen-bond acceptors (Lipinski definition) is 2. The molecule has 0 aromatic rings. The SMILES string of the molecule is C=CCCCCCCCCCCCCCC[Si](C)(OCC)OCC. The number of unbranched alkanes of at least 4 members (excludes halogenated alkanes) is 12. The number of allylic oxidation sites excluding steroid dienone is 1. The molecule has 3 heteroatoms. The predicted molar refractivity (Wildman–Crippen MR) is 110 cm³/mol. The minimum atomic E-state index is -1.86. The third-order valence-electron chi connectivity index (χ3n) is 4.69. The average Bonchev–Trinajstić information content (AvgIpc) is 2.55.